The first-order valence-corrected chi connectivity index (χ1v) is 28.5. The van der Waals surface area contributed by atoms with Crippen molar-refractivity contribution < 1.29 is 38.5 Å². The fraction of sp³-hybridized carbons (Fsp3) is 0.840. The predicted molar refractivity (Wildman–Crippen MR) is 236 cm³/mol. The van der Waals surface area contributed by atoms with Crippen molar-refractivity contribution in [1.82, 2.24) is 10.6 Å². The maximum absolute atomic E-state index is 12.1. The molecule has 0 aliphatic rings. The zero-order valence-corrected chi connectivity index (χ0v) is 36.9. The van der Waals surface area contributed by atoms with E-state index in [1.807, 2.05) is 0 Å². The van der Waals surface area contributed by atoms with Crippen LogP contribution in [0.4, 0.5) is 9.59 Å². The Morgan fingerprint density at radius 1 is 0.653 bits per heavy atom. The van der Waals surface area contributed by atoms with Crippen molar-refractivity contribution in [3.05, 3.63) is 0 Å². The number of nitrogens with one attached hydrogen (secondary N) is 2. The number of ether oxygens (including phenoxy) is 1. The van der Waals surface area contributed by atoms with Crippen molar-refractivity contribution in [3.63, 3.8) is 0 Å². The van der Waals surface area contributed by atoms with E-state index in [-0.39, 0.29) is 23.1 Å². The first-order chi connectivity index (χ1) is 24.1. The predicted octanol–water partition coefficient (Wildman–Crippen LogP) is 5.84. The Bertz CT molecular complexity index is 847. The molecule has 1 atom stereocenters. The Morgan fingerprint density at radius 2 is 1.22 bits per heavy atom. The lowest BCUT2D eigenvalue weighted by Crippen LogP contribution is -2.26. The number of hydrogen-bond acceptors (Lipinski definition) is 21. The molecular weight excluding hydrogens is 869 g/mol. The summed E-state index contributed by atoms with van der Waals surface area (Å²) in [6, 6.07) is 0. The van der Waals surface area contributed by atoms with Crippen LogP contribution in [0.2, 0.25) is 0 Å². The summed E-state index contributed by atoms with van der Waals surface area (Å²) < 4.78 is 17.1. The molecule has 0 aromatic heterocycles. The normalized spacial score (nSPS) is 12.1. The van der Waals surface area contributed by atoms with Gasteiger partial charge in [0, 0.05) is 91.1 Å². The Morgan fingerprint density at radius 3 is 1.92 bits per heavy atom. The summed E-state index contributed by atoms with van der Waals surface area (Å²) in [5, 5.41) is 27.2. The van der Waals surface area contributed by atoms with Crippen LogP contribution in [0.15, 0.2) is 9.98 Å². The van der Waals surface area contributed by atoms with Crippen LogP contribution in [0.25, 0.3) is 0 Å². The van der Waals surface area contributed by atoms with E-state index in [9.17, 15) is 13.8 Å². The lowest BCUT2D eigenvalue weighted by atomic mass is 10.7. The van der Waals surface area contributed by atoms with E-state index in [0.29, 0.717) is 43.0 Å². The van der Waals surface area contributed by atoms with Gasteiger partial charge in [-0.05, 0) is 0 Å². The molecule has 288 valence electrons. The highest BCUT2D eigenvalue weighted by atomic mass is 32.2. The number of aliphatic hydroxyl groups is 2. The molecule has 4 N–H and O–H groups in total. The minimum atomic E-state index is -1.05. The molecule has 24 heteroatoms. The van der Waals surface area contributed by atoms with Gasteiger partial charge >= 0.3 is 6.09 Å². The average Bonchev–Trinajstić information content (AvgIpc) is 3.09. The molecule has 0 radical (unpaired) electrons. The lowest BCUT2D eigenvalue weighted by Gasteiger charge is -2.06. The molecule has 0 bridgehead atoms. The Hall–Kier alpha value is 1.76. The molecule has 49 heavy (non-hydrogen) atoms. The van der Waals surface area contributed by atoms with Crippen LogP contribution < -0.4 is 10.6 Å². The molecule has 0 aliphatic heterocycles. The fourth-order valence-electron chi connectivity index (χ4n) is 2.37. The summed E-state index contributed by atoms with van der Waals surface area (Å²) in [5.74, 6) is 7.32. The first kappa shape index (κ1) is 50.8. The number of rotatable bonds is 37. The minimum Gasteiger partial charge on any atom is -0.438 e. The number of alkyl carbamates (subject to hydrolysis) is 1. The van der Waals surface area contributed by atoms with Gasteiger partial charge in [0.25, 0.3) is 5.24 Å². The Balaban J connectivity index is 3.37. The molecule has 0 aliphatic carbocycles. The van der Waals surface area contributed by atoms with E-state index in [4.69, 9.17) is 24.7 Å². The van der Waals surface area contributed by atoms with Gasteiger partial charge < -0.3 is 30.5 Å². The largest absolute Gasteiger partial charge is 0.438 e. The SMILES string of the molecule is O=C(NCCSCSCCN=CS(=O)CCSCSCCSC(=O)NCCSCSCCN=COOCSCSCO)OCSCSCO. The molecular formula is C25H48N4O8S12. The highest BCUT2D eigenvalue weighted by Gasteiger charge is 2.03. The molecule has 0 aromatic carbocycles. The Labute approximate surface area is 340 Å². The van der Waals surface area contributed by atoms with Crippen LogP contribution in [0.5, 0.6) is 0 Å². The molecule has 2 amide bonds. The molecule has 0 heterocycles. The second kappa shape index (κ2) is 44.2. The van der Waals surface area contributed by atoms with Crippen LogP contribution in [0.3, 0.4) is 0 Å². The third-order valence-corrected chi connectivity index (χ3v) is 17.3. The zero-order chi connectivity index (χ0) is 35.7. The molecule has 1 unspecified atom stereocenters. The van der Waals surface area contributed by atoms with Gasteiger partial charge in [-0.25, -0.2) is 4.79 Å². The highest BCUT2D eigenvalue weighted by molar-refractivity contribution is 8.18. The van der Waals surface area contributed by atoms with Crippen molar-refractivity contribution in [3.8, 4) is 0 Å². The third kappa shape index (κ3) is 44.1. The smallest absolute Gasteiger partial charge is 0.407 e. The number of carbonyl (C=O) groups is 2. The fourth-order valence-corrected chi connectivity index (χ4v) is 12.7. The second-order valence-corrected chi connectivity index (χ2v) is 22.8. The van der Waals surface area contributed by atoms with E-state index in [0.717, 1.165) is 60.6 Å². The van der Waals surface area contributed by atoms with Crippen LogP contribution in [0.1, 0.15) is 0 Å². The van der Waals surface area contributed by atoms with E-state index in [1.54, 1.807) is 76.1 Å². The van der Waals surface area contributed by atoms with Gasteiger partial charge in [-0.3, -0.25) is 19.0 Å². The number of hydrogen-bond donors (Lipinski definition) is 4. The van der Waals surface area contributed by atoms with Crippen LogP contribution in [-0.2, 0) is 25.3 Å². The van der Waals surface area contributed by atoms with Gasteiger partial charge in [-0.2, -0.15) is 28.4 Å². The molecule has 12 nitrogen and oxygen atoms in total. The third-order valence-electron chi connectivity index (χ3n) is 4.45. The Kier molecular flexibility index (Phi) is 45.7. The summed E-state index contributed by atoms with van der Waals surface area (Å²) in [5.41, 5.74) is 1.55. The van der Waals surface area contributed by atoms with Crippen molar-refractivity contribution >= 4 is 163 Å². The standard InChI is InChI=1S/C25H48N4O8S12/c30-15-44-22-46-17-35-24(32)28-3-7-40-20-39-6-2-27-14-49(34)12-11-43-21-42-9-10-48-25(33)29-4-8-41-19-38-5-1-26-13-36-37-18-47-23-45-16-31/h13-14,30-31H,1-12,15-23H2,(H,28,32)(H,29,33). The first-order valence-electron chi connectivity index (χ1n) is 14.5. The number of aliphatic hydroxyl groups excluding tert-OH is 2. The van der Waals surface area contributed by atoms with Crippen LogP contribution in [0, 0.1) is 0 Å². The number of thioether (sulfide) groups is 11. The highest BCUT2D eigenvalue weighted by Crippen LogP contribution is 2.16. The van der Waals surface area contributed by atoms with E-state index in [1.165, 1.54) is 65.2 Å². The molecule has 0 rings (SSSR count). The average molecular weight is 917 g/mol. The van der Waals surface area contributed by atoms with Gasteiger partial charge in [0.2, 0.25) is 6.40 Å². The zero-order valence-electron chi connectivity index (χ0n) is 27.1. The van der Waals surface area contributed by atoms with E-state index >= 15 is 0 Å². The van der Waals surface area contributed by atoms with E-state index < -0.39 is 16.9 Å². The summed E-state index contributed by atoms with van der Waals surface area (Å²) >= 11 is 17.6. The topological polar surface area (TPSA) is 168 Å². The van der Waals surface area contributed by atoms with Gasteiger partial charge in [-0.1, -0.05) is 11.8 Å². The van der Waals surface area contributed by atoms with Crippen molar-refractivity contribution in [2.24, 2.45) is 9.98 Å². The van der Waals surface area contributed by atoms with Gasteiger partial charge in [0.1, 0.15) is 11.9 Å². The van der Waals surface area contributed by atoms with Gasteiger partial charge in [0.15, 0.2) is 0 Å². The van der Waals surface area contributed by atoms with Crippen molar-refractivity contribution in [1.29, 1.82) is 0 Å². The maximum atomic E-state index is 12.1. The lowest BCUT2D eigenvalue weighted by molar-refractivity contribution is -0.196. The number of amides is 2. The minimum absolute atomic E-state index is 0.0170. The molecule has 0 fully saturated rings. The van der Waals surface area contributed by atoms with Gasteiger partial charge in [-0.15, -0.1) is 94.1 Å². The summed E-state index contributed by atoms with van der Waals surface area (Å²) in [7, 11) is -1.05. The van der Waals surface area contributed by atoms with Crippen LogP contribution >= 0.6 is 129 Å². The monoisotopic (exact) mass is 916 g/mol. The number of carbonyl (C=O) groups excluding carboxylic acids is 2. The molecule has 0 spiro atoms. The quantitative estimate of drug-likeness (QED) is 0.0146. The molecule has 0 saturated heterocycles. The number of nitrogens with zero attached hydrogens (tertiary/aromatic N) is 2. The second-order valence-electron chi connectivity index (χ2n) is 8.09. The molecule has 0 aromatic rings. The van der Waals surface area contributed by atoms with Crippen molar-refractivity contribution in [2.75, 3.05) is 121 Å². The number of aliphatic imine (C=N–C) groups is 2. The van der Waals surface area contributed by atoms with E-state index in [2.05, 4.69) is 20.6 Å². The molecule has 0 saturated carbocycles. The van der Waals surface area contributed by atoms with Gasteiger partial charge in [0.05, 0.1) is 34.8 Å². The maximum Gasteiger partial charge on any atom is 0.407 e. The summed E-state index contributed by atoms with van der Waals surface area (Å²) in [6.07, 6.45) is 0.885. The summed E-state index contributed by atoms with van der Waals surface area (Å²) in [4.78, 5) is 41.6. The summed E-state index contributed by atoms with van der Waals surface area (Å²) in [6.45, 7) is 2.49. The van der Waals surface area contributed by atoms with Crippen LogP contribution in [-0.4, -0.2) is 159 Å². The van der Waals surface area contributed by atoms with Crippen molar-refractivity contribution in [2.45, 2.75) is 0 Å².